The van der Waals surface area contributed by atoms with Crippen LogP contribution in [-0.4, -0.2) is 52.9 Å². The summed E-state index contributed by atoms with van der Waals surface area (Å²) < 4.78 is 36.5. The second-order valence-corrected chi connectivity index (χ2v) is 8.00. The number of aromatic nitrogens is 3. The SMILES string of the molecule is C[C@H](c1ccc(C#N)cn1)n1c(N2CC[C@H]3OCCN[C@@H]3C2)nc2c(F)cc(F)cc21. The molecule has 0 bridgehead atoms. The second kappa shape index (κ2) is 7.87. The number of morpholine rings is 1. The van der Waals surface area contributed by atoms with E-state index in [4.69, 9.17) is 10.00 Å². The Morgan fingerprint density at radius 2 is 2.19 bits per heavy atom. The van der Waals surface area contributed by atoms with Gasteiger partial charge in [-0.15, -0.1) is 0 Å². The van der Waals surface area contributed by atoms with Crippen LogP contribution in [0.5, 0.6) is 0 Å². The zero-order valence-electron chi connectivity index (χ0n) is 17.1. The van der Waals surface area contributed by atoms with Crippen molar-refractivity contribution in [3.8, 4) is 6.07 Å². The summed E-state index contributed by atoms with van der Waals surface area (Å²) in [7, 11) is 0. The first-order valence-electron chi connectivity index (χ1n) is 10.4. The summed E-state index contributed by atoms with van der Waals surface area (Å²) in [6, 6.07) is 7.48. The third-order valence-corrected chi connectivity index (χ3v) is 6.10. The minimum atomic E-state index is -0.691. The molecule has 9 heteroatoms. The molecule has 2 aliphatic heterocycles. The molecule has 0 saturated carbocycles. The molecule has 2 aromatic heterocycles. The zero-order chi connectivity index (χ0) is 21.5. The van der Waals surface area contributed by atoms with Crippen molar-refractivity contribution in [1.82, 2.24) is 19.9 Å². The monoisotopic (exact) mass is 424 g/mol. The molecule has 2 aliphatic rings. The first-order chi connectivity index (χ1) is 15.0. The summed E-state index contributed by atoms with van der Waals surface area (Å²) in [5, 5.41) is 12.5. The Morgan fingerprint density at radius 3 is 2.97 bits per heavy atom. The number of benzene rings is 1. The van der Waals surface area contributed by atoms with Gasteiger partial charge in [0.25, 0.3) is 0 Å². The smallest absolute Gasteiger partial charge is 0.207 e. The van der Waals surface area contributed by atoms with E-state index < -0.39 is 11.6 Å². The maximum atomic E-state index is 14.6. The number of nitrogens with one attached hydrogen (secondary N) is 1. The standard InChI is InChI=1S/C22H22F2N6O/c1-13(17-3-2-14(10-25)11-27-17)30-19-9-15(23)8-16(24)21(19)28-22(30)29-6-4-20-18(12-29)26-5-7-31-20/h2-3,8-9,11,13,18,20,26H,4-7,12H2,1H3/t13-,18-,20-/m1/s1. The van der Waals surface area contributed by atoms with E-state index in [-0.39, 0.29) is 23.7 Å². The van der Waals surface area contributed by atoms with E-state index in [1.54, 1.807) is 12.1 Å². The molecule has 160 valence electrons. The Balaban J connectivity index is 1.60. The van der Waals surface area contributed by atoms with Gasteiger partial charge in [-0.1, -0.05) is 0 Å². The predicted molar refractivity (Wildman–Crippen MR) is 111 cm³/mol. The van der Waals surface area contributed by atoms with Crippen molar-refractivity contribution < 1.29 is 13.5 Å². The van der Waals surface area contributed by atoms with E-state index in [2.05, 4.69) is 26.3 Å². The number of hydrogen-bond donors (Lipinski definition) is 1. The number of imidazole rings is 1. The maximum absolute atomic E-state index is 14.6. The van der Waals surface area contributed by atoms with Crippen LogP contribution in [0.3, 0.4) is 0 Å². The third kappa shape index (κ3) is 3.52. The van der Waals surface area contributed by atoms with Crippen molar-refractivity contribution in [3.05, 3.63) is 53.4 Å². The van der Waals surface area contributed by atoms with Gasteiger partial charge in [0.1, 0.15) is 17.4 Å². The highest BCUT2D eigenvalue weighted by Crippen LogP contribution is 2.33. The van der Waals surface area contributed by atoms with E-state index in [9.17, 15) is 8.78 Å². The minimum absolute atomic E-state index is 0.131. The van der Waals surface area contributed by atoms with E-state index >= 15 is 0 Å². The van der Waals surface area contributed by atoms with Crippen LogP contribution in [0.25, 0.3) is 11.0 Å². The first-order valence-corrected chi connectivity index (χ1v) is 10.4. The van der Waals surface area contributed by atoms with Crippen LogP contribution in [-0.2, 0) is 4.74 Å². The molecule has 0 spiro atoms. The van der Waals surface area contributed by atoms with Gasteiger partial charge in [-0.05, 0) is 25.5 Å². The Hall–Kier alpha value is -3.09. The van der Waals surface area contributed by atoms with Gasteiger partial charge in [0.2, 0.25) is 5.95 Å². The highest BCUT2D eigenvalue weighted by molar-refractivity contribution is 5.80. The second-order valence-electron chi connectivity index (χ2n) is 8.00. The molecule has 3 atom stereocenters. The van der Waals surface area contributed by atoms with Gasteiger partial charge in [-0.25, -0.2) is 13.8 Å². The van der Waals surface area contributed by atoms with Crippen LogP contribution in [0.4, 0.5) is 14.7 Å². The van der Waals surface area contributed by atoms with Gasteiger partial charge >= 0.3 is 0 Å². The number of pyridine rings is 1. The lowest BCUT2D eigenvalue weighted by Crippen LogP contribution is -2.58. The zero-order valence-corrected chi connectivity index (χ0v) is 17.1. The molecule has 0 unspecified atom stereocenters. The number of hydrogen-bond acceptors (Lipinski definition) is 6. The molecule has 0 amide bonds. The van der Waals surface area contributed by atoms with E-state index in [0.717, 1.165) is 19.0 Å². The number of piperidine rings is 1. The van der Waals surface area contributed by atoms with E-state index in [1.165, 1.54) is 12.3 Å². The van der Waals surface area contributed by atoms with Crippen molar-refractivity contribution in [2.75, 3.05) is 31.1 Å². The lowest BCUT2D eigenvalue weighted by atomic mass is 10.0. The Bertz CT molecular complexity index is 1160. The molecule has 31 heavy (non-hydrogen) atoms. The quantitative estimate of drug-likeness (QED) is 0.697. The maximum Gasteiger partial charge on any atom is 0.207 e. The molecule has 5 rings (SSSR count). The third-order valence-electron chi connectivity index (χ3n) is 6.10. The molecule has 1 N–H and O–H groups in total. The Morgan fingerprint density at radius 1 is 1.32 bits per heavy atom. The van der Waals surface area contributed by atoms with Gasteiger partial charge in [0.05, 0.1) is 41.6 Å². The van der Waals surface area contributed by atoms with Crippen LogP contribution < -0.4 is 10.2 Å². The van der Waals surface area contributed by atoms with E-state index in [1.807, 2.05) is 11.5 Å². The van der Waals surface area contributed by atoms with Crippen LogP contribution in [0.2, 0.25) is 0 Å². The predicted octanol–water partition coefficient (Wildman–Crippen LogP) is 2.76. The average Bonchev–Trinajstić information content (AvgIpc) is 3.18. The number of ether oxygens (including phenoxy) is 1. The number of fused-ring (bicyclic) bond motifs is 2. The fourth-order valence-corrected chi connectivity index (χ4v) is 4.53. The largest absolute Gasteiger partial charge is 0.375 e. The highest BCUT2D eigenvalue weighted by atomic mass is 19.1. The van der Waals surface area contributed by atoms with Gasteiger partial charge in [0.15, 0.2) is 5.82 Å². The van der Waals surface area contributed by atoms with Crippen LogP contribution >= 0.6 is 0 Å². The summed E-state index contributed by atoms with van der Waals surface area (Å²) in [6.07, 6.45) is 2.47. The molecule has 0 aliphatic carbocycles. The van der Waals surface area contributed by atoms with Crippen LogP contribution in [0.15, 0.2) is 30.5 Å². The lowest BCUT2D eigenvalue weighted by molar-refractivity contribution is -0.0137. The lowest BCUT2D eigenvalue weighted by Gasteiger charge is -2.42. The summed E-state index contributed by atoms with van der Waals surface area (Å²) in [6.45, 7) is 4.76. The van der Waals surface area contributed by atoms with Gasteiger partial charge < -0.3 is 19.5 Å². The number of nitrogens with zero attached hydrogens (tertiary/aromatic N) is 5. The Kier molecular flexibility index (Phi) is 5.04. The average molecular weight is 424 g/mol. The van der Waals surface area contributed by atoms with Crippen molar-refractivity contribution in [2.24, 2.45) is 0 Å². The summed E-state index contributed by atoms with van der Waals surface area (Å²) in [5.41, 5.74) is 1.64. The van der Waals surface area contributed by atoms with Crippen molar-refractivity contribution in [2.45, 2.75) is 31.5 Å². The Labute approximate surface area is 178 Å². The van der Waals surface area contributed by atoms with Gasteiger partial charge in [-0.3, -0.25) is 4.98 Å². The van der Waals surface area contributed by atoms with Gasteiger partial charge in [0, 0.05) is 38.0 Å². The summed E-state index contributed by atoms with van der Waals surface area (Å²) in [4.78, 5) is 11.1. The van der Waals surface area contributed by atoms with Crippen molar-refractivity contribution >= 4 is 17.0 Å². The molecule has 1 aromatic carbocycles. The number of anilines is 1. The molecule has 2 saturated heterocycles. The molecule has 3 aromatic rings. The van der Waals surface area contributed by atoms with E-state index in [0.29, 0.717) is 42.4 Å². The molecule has 4 heterocycles. The fourth-order valence-electron chi connectivity index (χ4n) is 4.53. The molecule has 0 radical (unpaired) electrons. The van der Waals surface area contributed by atoms with Crippen molar-refractivity contribution in [3.63, 3.8) is 0 Å². The van der Waals surface area contributed by atoms with Crippen molar-refractivity contribution in [1.29, 1.82) is 5.26 Å². The molecule has 7 nitrogen and oxygen atoms in total. The summed E-state index contributed by atoms with van der Waals surface area (Å²) in [5.74, 6) is -0.772. The molecule has 2 fully saturated rings. The summed E-state index contributed by atoms with van der Waals surface area (Å²) >= 11 is 0. The normalized spacial score (nSPS) is 22.2. The number of halogens is 2. The molecular formula is C22H22F2N6O. The minimum Gasteiger partial charge on any atom is -0.375 e. The first kappa shape index (κ1) is 19.8. The highest BCUT2D eigenvalue weighted by Gasteiger charge is 2.35. The fraction of sp³-hybridized carbons (Fsp3) is 0.409. The van der Waals surface area contributed by atoms with Gasteiger partial charge in [-0.2, -0.15) is 5.26 Å². The topological polar surface area (TPSA) is 79.0 Å². The molecular weight excluding hydrogens is 402 g/mol. The van der Waals surface area contributed by atoms with Crippen LogP contribution in [0, 0.1) is 23.0 Å². The number of nitriles is 1. The number of rotatable bonds is 3. The van der Waals surface area contributed by atoms with Crippen LogP contribution in [0.1, 0.15) is 30.6 Å².